The van der Waals surface area contributed by atoms with Crippen molar-refractivity contribution in [3.05, 3.63) is 40.4 Å². The van der Waals surface area contributed by atoms with Gasteiger partial charge in [0.25, 0.3) is 5.56 Å². The molecular weight excluding hydrogens is 260 g/mol. The van der Waals surface area contributed by atoms with E-state index in [0.29, 0.717) is 17.8 Å². The zero-order valence-electron chi connectivity index (χ0n) is 11.2. The zero-order valence-corrected chi connectivity index (χ0v) is 12.0. The van der Waals surface area contributed by atoms with Crippen LogP contribution in [-0.4, -0.2) is 9.55 Å². The minimum atomic E-state index is 0.0257. The second-order valence-corrected chi connectivity index (χ2v) is 4.96. The SMILES string of the molecule is CCCCCCn1c(CCl)nc2ccccc2c1=O. The van der Waals surface area contributed by atoms with Crippen LogP contribution in [0.2, 0.25) is 0 Å². The highest BCUT2D eigenvalue weighted by molar-refractivity contribution is 6.16. The van der Waals surface area contributed by atoms with E-state index >= 15 is 0 Å². The maximum atomic E-state index is 12.4. The fourth-order valence-electron chi connectivity index (χ4n) is 2.24. The van der Waals surface area contributed by atoms with Gasteiger partial charge in [-0.1, -0.05) is 38.3 Å². The molecule has 3 nitrogen and oxygen atoms in total. The Bertz CT molecular complexity index is 607. The largest absolute Gasteiger partial charge is 0.295 e. The molecule has 19 heavy (non-hydrogen) atoms. The second-order valence-electron chi connectivity index (χ2n) is 4.70. The number of alkyl halides is 1. The average Bonchev–Trinajstić information content (AvgIpc) is 2.45. The summed E-state index contributed by atoms with van der Waals surface area (Å²) in [7, 11) is 0. The first kappa shape index (κ1) is 14.1. The van der Waals surface area contributed by atoms with E-state index in [4.69, 9.17) is 11.6 Å². The minimum absolute atomic E-state index is 0.0257. The summed E-state index contributed by atoms with van der Waals surface area (Å²) in [6.45, 7) is 2.88. The zero-order chi connectivity index (χ0) is 13.7. The van der Waals surface area contributed by atoms with Crippen molar-refractivity contribution in [3.63, 3.8) is 0 Å². The van der Waals surface area contributed by atoms with Crippen LogP contribution < -0.4 is 5.56 Å². The van der Waals surface area contributed by atoms with Crippen LogP contribution in [0.4, 0.5) is 0 Å². The molecular formula is C15H19ClN2O. The highest BCUT2D eigenvalue weighted by Crippen LogP contribution is 2.10. The number of unbranched alkanes of at least 4 members (excludes halogenated alkanes) is 3. The number of fused-ring (bicyclic) bond motifs is 1. The van der Waals surface area contributed by atoms with Gasteiger partial charge in [-0.25, -0.2) is 4.98 Å². The number of benzene rings is 1. The Morgan fingerprint density at radius 3 is 2.74 bits per heavy atom. The number of hydrogen-bond acceptors (Lipinski definition) is 2. The number of halogens is 1. The van der Waals surface area contributed by atoms with Crippen LogP contribution in [0, 0.1) is 0 Å². The highest BCUT2D eigenvalue weighted by atomic mass is 35.5. The quantitative estimate of drug-likeness (QED) is 0.596. The van der Waals surface area contributed by atoms with Gasteiger partial charge in [-0.05, 0) is 18.6 Å². The maximum absolute atomic E-state index is 12.4. The van der Waals surface area contributed by atoms with Gasteiger partial charge in [0, 0.05) is 6.54 Å². The van der Waals surface area contributed by atoms with Gasteiger partial charge in [0.05, 0.1) is 16.8 Å². The molecule has 0 aliphatic heterocycles. The molecule has 1 aromatic carbocycles. The van der Waals surface area contributed by atoms with E-state index in [2.05, 4.69) is 11.9 Å². The third-order valence-corrected chi connectivity index (χ3v) is 3.53. The molecule has 102 valence electrons. The van der Waals surface area contributed by atoms with Crippen molar-refractivity contribution in [3.8, 4) is 0 Å². The van der Waals surface area contributed by atoms with E-state index < -0.39 is 0 Å². The summed E-state index contributed by atoms with van der Waals surface area (Å²) < 4.78 is 1.73. The van der Waals surface area contributed by atoms with Gasteiger partial charge >= 0.3 is 0 Å². The fourth-order valence-corrected chi connectivity index (χ4v) is 2.45. The van der Waals surface area contributed by atoms with E-state index in [9.17, 15) is 4.79 Å². The van der Waals surface area contributed by atoms with Crippen molar-refractivity contribution in [2.24, 2.45) is 0 Å². The summed E-state index contributed by atoms with van der Waals surface area (Å²) in [5, 5.41) is 0.673. The molecule has 0 aliphatic rings. The third-order valence-electron chi connectivity index (χ3n) is 3.30. The maximum Gasteiger partial charge on any atom is 0.261 e. The number of rotatable bonds is 6. The average molecular weight is 279 g/mol. The van der Waals surface area contributed by atoms with Gasteiger partial charge < -0.3 is 0 Å². The smallest absolute Gasteiger partial charge is 0.261 e. The monoisotopic (exact) mass is 278 g/mol. The summed E-state index contributed by atoms with van der Waals surface area (Å²) in [5.74, 6) is 0.940. The van der Waals surface area contributed by atoms with Crippen LogP contribution in [-0.2, 0) is 12.4 Å². The van der Waals surface area contributed by atoms with E-state index in [1.165, 1.54) is 12.8 Å². The number of para-hydroxylation sites is 1. The minimum Gasteiger partial charge on any atom is -0.295 e. The van der Waals surface area contributed by atoms with Crippen molar-refractivity contribution in [2.75, 3.05) is 0 Å². The van der Waals surface area contributed by atoms with Crippen LogP contribution in [0.25, 0.3) is 10.9 Å². The normalized spacial score (nSPS) is 11.1. The molecule has 0 atom stereocenters. The van der Waals surface area contributed by atoms with E-state index in [1.54, 1.807) is 4.57 Å². The second kappa shape index (κ2) is 6.71. The predicted molar refractivity (Wildman–Crippen MR) is 79.7 cm³/mol. The third kappa shape index (κ3) is 3.16. The van der Waals surface area contributed by atoms with Gasteiger partial charge in [0.2, 0.25) is 0 Å². The molecule has 0 fully saturated rings. The fraction of sp³-hybridized carbons (Fsp3) is 0.467. The molecule has 1 aromatic heterocycles. The van der Waals surface area contributed by atoms with Crippen LogP contribution in [0.15, 0.2) is 29.1 Å². The van der Waals surface area contributed by atoms with Crippen molar-refractivity contribution in [1.82, 2.24) is 9.55 Å². The molecule has 4 heteroatoms. The van der Waals surface area contributed by atoms with E-state index in [-0.39, 0.29) is 11.4 Å². The van der Waals surface area contributed by atoms with Gasteiger partial charge in [-0.2, -0.15) is 0 Å². The molecule has 0 aliphatic carbocycles. The molecule has 0 N–H and O–H groups in total. The van der Waals surface area contributed by atoms with Gasteiger partial charge in [-0.3, -0.25) is 9.36 Å². The lowest BCUT2D eigenvalue weighted by atomic mass is 10.2. The summed E-state index contributed by atoms with van der Waals surface area (Å²) in [4.78, 5) is 16.9. The van der Waals surface area contributed by atoms with Crippen molar-refractivity contribution in [2.45, 2.75) is 45.0 Å². The van der Waals surface area contributed by atoms with Crippen molar-refractivity contribution in [1.29, 1.82) is 0 Å². The van der Waals surface area contributed by atoms with Crippen LogP contribution in [0.3, 0.4) is 0 Å². The molecule has 0 spiro atoms. The number of hydrogen-bond donors (Lipinski definition) is 0. The number of nitrogens with zero attached hydrogens (tertiary/aromatic N) is 2. The first-order valence-electron chi connectivity index (χ1n) is 6.82. The van der Waals surface area contributed by atoms with Gasteiger partial charge in [-0.15, -0.1) is 11.6 Å². The first-order valence-corrected chi connectivity index (χ1v) is 7.35. The standard InChI is InChI=1S/C15H19ClN2O/c1-2-3-4-7-10-18-14(11-16)17-13-9-6-5-8-12(13)15(18)19/h5-6,8-9H,2-4,7,10-11H2,1H3. The van der Waals surface area contributed by atoms with Crippen molar-refractivity contribution < 1.29 is 0 Å². The van der Waals surface area contributed by atoms with Gasteiger partial charge in [0.1, 0.15) is 5.82 Å². The first-order chi connectivity index (χ1) is 9.27. The lowest BCUT2D eigenvalue weighted by Crippen LogP contribution is -2.25. The summed E-state index contributed by atoms with van der Waals surface area (Å²) in [6, 6.07) is 7.44. The van der Waals surface area contributed by atoms with Crippen LogP contribution in [0.5, 0.6) is 0 Å². The van der Waals surface area contributed by atoms with Crippen molar-refractivity contribution >= 4 is 22.5 Å². The number of aromatic nitrogens is 2. The lowest BCUT2D eigenvalue weighted by Gasteiger charge is -2.11. The Kier molecular flexibility index (Phi) is 4.97. The molecule has 0 saturated carbocycles. The lowest BCUT2D eigenvalue weighted by molar-refractivity contribution is 0.554. The Morgan fingerprint density at radius 1 is 1.21 bits per heavy atom. The molecule has 1 heterocycles. The van der Waals surface area contributed by atoms with Gasteiger partial charge in [0.15, 0.2) is 0 Å². The predicted octanol–water partition coefficient (Wildman–Crippen LogP) is 3.72. The summed E-state index contributed by atoms with van der Waals surface area (Å²) in [6.07, 6.45) is 4.52. The molecule has 2 aromatic rings. The Hall–Kier alpha value is -1.35. The summed E-state index contributed by atoms with van der Waals surface area (Å²) >= 11 is 5.92. The molecule has 0 bridgehead atoms. The highest BCUT2D eigenvalue weighted by Gasteiger charge is 2.09. The van der Waals surface area contributed by atoms with E-state index in [0.717, 1.165) is 18.4 Å². The molecule has 0 saturated heterocycles. The topological polar surface area (TPSA) is 34.9 Å². The van der Waals surface area contributed by atoms with E-state index in [1.807, 2.05) is 24.3 Å². The van der Waals surface area contributed by atoms with Crippen LogP contribution >= 0.6 is 11.6 Å². The Labute approximate surface area is 118 Å². The Morgan fingerprint density at radius 2 is 2.00 bits per heavy atom. The Balaban J connectivity index is 2.35. The molecule has 0 unspecified atom stereocenters. The molecule has 2 rings (SSSR count). The summed E-state index contributed by atoms with van der Waals surface area (Å²) in [5.41, 5.74) is 0.755. The van der Waals surface area contributed by atoms with Crippen LogP contribution in [0.1, 0.15) is 38.4 Å². The molecule has 0 amide bonds. The molecule has 0 radical (unpaired) electrons.